The zero-order valence-corrected chi connectivity index (χ0v) is 9.06. The number of nitrogens with zero attached hydrogens (tertiary/aromatic N) is 2. The summed E-state index contributed by atoms with van der Waals surface area (Å²) in [6.07, 6.45) is 4.72. The molecule has 4 heteroatoms. The molecule has 84 valence electrons. The standard InChI is InChI=1S/C12H14N2O2/c15-14(16)11-6-4-9-3-5-10-2-1-7-13(10)12(9)8-11/h4,6,8,10H,1-3,5,7H2. The second-order valence-electron chi connectivity index (χ2n) is 4.60. The SMILES string of the molecule is O=[N+]([O-])c1ccc2c(c1)N1CCCC1CC2. The Labute approximate surface area is 94.0 Å². The Kier molecular flexibility index (Phi) is 2.09. The number of hydrogen-bond acceptors (Lipinski definition) is 3. The van der Waals surface area contributed by atoms with Crippen molar-refractivity contribution in [1.82, 2.24) is 0 Å². The molecule has 0 spiro atoms. The van der Waals surface area contributed by atoms with Gasteiger partial charge in [-0.15, -0.1) is 0 Å². The lowest BCUT2D eigenvalue weighted by Crippen LogP contribution is -2.33. The van der Waals surface area contributed by atoms with Crippen molar-refractivity contribution in [3.05, 3.63) is 33.9 Å². The lowest BCUT2D eigenvalue weighted by Gasteiger charge is -2.33. The number of fused-ring (bicyclic) bond motifs is 3. The summed E-state index contributed by atoms with van der Waals surface area (Å²) in [7, 11) is 0. The van der Waals surface area contributed by atoms with E-state index in [1.165, 1.54) is 24.8 Å². The summed E-state index contributed by atoms with van der Waals surface area (Å²) in [5.41, 5.74) is 2.58. The molecule has 1 unspecified atom stereocenters. The fourth-order valence-corrected chi connectivity index (χ4v) is 2.92. The first-order valence-corrected chi connectivity index (χ1v) is 5.79. The minimum atomic E-state index is -0.306. The van der Waals surface area contributed by atoms with E-state index in [0.717, 1.165) is 18.7 Å². The molecule has 2 aliphatic heterocycles. The molecule has 0 amide bonds. The summed E-state index contributed by atoms with van der Waals surface area (Å²) in [5.74, 6) is 0. The maximum Gasteiger partial charge on any atom is 0.271 e. The molecule has 1 fully saturated rings. The van der Waals surface area contributed by atoms with Crippen LogP contribution in [-0.2, 0) is 6.42 Å². The first-order valence-electron chi connectivity index (χ1n) is 5.79. The Bertz CT molecular complexity index is 445. The van der Waals surface area contributed by atoms with E-state index < -0.39 is 0 Å². The van der Waals surface area contributed by atoms with Crippen LogP contribution in [0.2, 0.25) is 0 Å². The molecule has 0 N–H and O–H groups in total. The highest BCUT2D eigenvalue weighted by atomic mass is 16.6. The molecule has 3 rings (SSSR count). The zero-order chi connectivity index (χ0) is 11.1. The van der Waals surface area contributed by atoms with Crippen LogP contribution in [0.5, 0.6) is 0 Å². The minimum absolute atomic E-state index is 0.214. The molecule has 0 radical (unpaired) electrons. The fraction of sp³-hybridized carbons (Fsp3) is 0.500. The lowest BCUT2D eigenvalue weighted by molar-refractivity contribution is -0.384. The second-order valence-corrected chi connectivity index (χ2v) is 4.60. The van der Waals surface area contributed by atoms with Crippen LogP contribution in [0.1, 0.15) is 24.8 Å². The van der Waals surface area contributed by atoms with Gasteiger partial charge in [0.2, 0.25) is 0 Å². The zero-order valence-electron chi connectivity index (χ0n) is 9.06. The lowest BCUT2D eigenvalue weighted by atomic mass is 9.96. The van der Waals surface area contributed by atoms with Crippen molar-refractivity contribution in [3.8, 4) is 0 Å². The van der Waals surface area contributed by atoms with E-state index in [4.69, 9.17) is 0 Å². The van der Waals surface area contributed by atoms with E-state index in [9.17, 15) is 10.1 Å². The molecule has 0 aliphatic carbocycles. The molecular weight excluding hydrogens is 204 g/mol. The molecule has 0 saturated carbocycles. The van der Waals surface area contributed by atoms with Gasteiger partial charge >= 0.3 is 0 Å². The topological polar surface area (TPSA) is 46.4 Å². The normalized spacial score (nSPS) is 22.8. The number of non-ortho nitro benzene ring substituents is 1. The van der Waals surface area contributed by atoms with Crippen molar-refractivity contribution in [1.29, 1.82) is 0 Å². The molecule has 1 saturated heterocycles. The van der Waals surface area contributed by atoms with Crippen LogP contribution in [0.3, 0.4) is 0 Å². The second kappa shape index (κ2) is 3.47. The van der Waals surface area contributed by atoms with Gasteiger partial charge in [0.1, 0.15) is 0 Å². The van der Waals surface area contributed by atoms with Crippen molar-refractivity contribution in [3.63, 3.8) is 0 Å². The molecule has 0 bridgehead atoms. The summed E-state index contributed by atoms with van der Waals surface area (Å²) in [4.78, 5) is 12.8. The number of hydrogen-bond donors (Lipinski definition) is 0. The number of anilines is 1. The molecule has 4 nitrogen and oxygen atoms in total. The van der Waals surface area contributed by atoms with Crippen LogP contribution < -0.4 is 4.90 Å². The Balaban J connectivity index is 2.05. The highest BCUT2D eigenvalue weighted by molar-refractivity contribution is 5.62. The van der Waals surface area contributed by atoms with Crippen molar-refractivity contribution in [2.24, 2.45) is 0 Å². The maximum atomic E-state index is 10.8. The largest absolute Gasteiger partial charge is 0.368 e. The number of aryl methyl sites for hydroxylation is 1. The van der Waals surface area contributed by atoms with Gasteiger partial charge in [-0.2, -0.15) is 0 Å². The summed E-state index contributed by atoms with van der Waals surface area (Å²) in [6, 6.07) is 5.90. The Hall–Kier alpha value is -1.58. The van der Waals surface area contributed by atoms with E-state index in [2.05, 4.69) is 4.90 Å². The van der Waals surface area contributed by atoms with Crippen LogP contribution in [0, 0.1) is 10.1 Å². The van der Waals surface area contributed by atoms with Crippen molar-refractivity contribution in [2.45, 2.75) is 31.7 Å². The van der Waals surface area contributed by atoms with Crippen LogP contribution in [0.25, 0.3) is 0 Å². The monoisotopic (exact) mass is 218 g/mol. The van der Waals surface area contributed by atoms with Gasteiger partial charge in [0.05, 0.1) is 4.92 Å². The van der Waals surface area contributed by atoms with Crippen molar-refractivity contribution >= 4 is 11.4 Å². The highest BCUT2D eigenvalue weighted by Crippen LogP contribution is 2.37. The molecule has 1 aromatic rings. The van der Waals surface area contributed by atoms with E-state index in [1.807, 2.05) is 6.07 Å². The predicted octanol–water partition coefficient (Wildman–Crippen LogP) is 2.51. The molecule has 2 aliphatic rings. The van der Waals surface area contributed by atoms with Gasteiger partial charge in [-0.3, -0.25) is 10.1 Å². The quantitative estimate of drug-likeness (QED) is 0.537. The third kappa shape index (κ3) is 1.37. The van der Waals surface area contributed by atoms with Gasteiger partial charge in [-0.1, -0.05) is 6.07 Å². The average molecular weight is 218 g/mol. The molecule has 1 atom stereocenters. The number of nitro groups is 1. The molecule has 16 heavy (non-hydrogen) atoms. The Morgan fingerprint density at radius 2 is 2.25 bits per heavy atom. The first-order chi connectivity index (χ1) is 7.75. The Morgan fingerprint density at radius 1 is 1.38 bits per heavy atom. The van der Waals surface area contributed by atoms with E-state index in [0.29, 0.717) is 6.04 Å². The van der Waals surface area contributed by atoms with Crippen LogP contribution in [-0.4, -0.2) is 17.5 Å². The average Bonchev–Trinajstić information content (AvgIpc) is 2.76. The molecule has 0 aromatic heterocycles. The minimum Gasteiger partial charge on any atom is -0.368 e. The van der Waals surface area contributed by atoms with Gasteiger partial charge < -0.3 is 4.90 Å². The summed E-state index contributed by atoms with van der Waals surface area (Å²) >= 11 is 0. The molecule has 2 heterocycles. The number of rotatable bonds is 1. The summed E-state index contributed by atoms with van der Waals surface area (Å²) < 4.78 is 0. The number of nitro benzene ring substituents is 1. The van der Waals surface area contributed by atoms with Crippen LogP contribution in [0.15, 0.2) is 18.2 Å². The third-order valence-electron chi connectivity index (χ3n) is 3.71. The maximum absolute atomic E-state index is 10.8. The summed E-state index contributed by atoms with van der Waals surface area (Å²) in [5, 5.41) is 10.8. The van der Waals surface area contributed by atoms with E-state index >= 15 is 0 Å². The van der Waals surface area contributed by atoms with Gasteiger partial charge in [-0.05, 0) is 31.2 Å². The smallest absolute Gasteiger partial charge is 0.271 e. The van der Waals surface area contributed by atoms with Gasteiger partial charge in [0, 0.05) is 30.4 Å². The fourth-order valence-electron chi connectivity index (χ4n) is 2.92. The van der Waals surface area contributed by atoms with Gasteiger partial charge in [-0.25, -0.2) is 0 Å². The van der Waals surface area contributed by atoms with Crippen LogP contribution >= 0.6 is 0 Å². The first kappa shape index (κ1) is 9.63. The van der Waals surface area contributed by atoms with Crippen LogP contribution in [0.4, 0.5) is 11.4 Å². The van der Waals surface area contributed by atoms with Gasteiger partial charge in [0.25, 0.3) is 5.69 Å². The van der Waals surface area contributed by atoms with E-state index in [1.54, 1.807) is 12.1 Å². The van der Waals surface area contributed by atoms with Crippen molar-refractivity contribution in [2.75, 3.05) is 11.4 Å². The molecule has 1 aromatic carbocycles. The van der Waals surface area contributed by atoms with E-state index in [-0.39, 0.29) is 10.6 Å². The highest BCUT2D eigenvalue weighted by Gasteiger charge is 2.30. The van der Waals surface area contributed by atoms with Crippen molar-refractivity contribution < 1.29 is 4.92 Å². The third-order valence-corrected chi connectivity index (χ3v) is 3.71. The summed E-state index contributed by atoms with van der Waals surface area (Å²) in [6.45, 7) is 1.05. The Morgan fingerprint density at radius 3 is 3.06 bits per heavy atom. The predicted molar refractivity (Wildman–Crippen MR) is 61.8 cm³/mol. The van der Waals surface area contributed by atoms with Gasteiger partial charge in [0.15, 0.2) is 0 Å². The molecular formula is C12H14N2O2. The number of benzene rings is 1.